The van der Waals surface area contributed by atoms with Crippen LogP contribution in [0.1, 0.15) is 6.42 Å². The summed E-state index contributed by atoms with van der Waals surface area (Å²) in [4.78, 5) is 18.6. The van der Waals surface area contributed by atoms with Crippen molar-refractivity contribution in [2.45, 2.75) is 6.42 Å². The smallest absolute Gasteiger partial charge is 0.365 e. The minimum Gasteiger partial charge on any atom is -0.491 e. The second kappa shape index (κ2) is 13.3. The number of rotatable bonds is 8. The fourth-order valence-corrected chi connectivity index (χ4v) is 4.87. The Labute approximate surface area is 244 Å². The number of thiazole rings is 1. The standard InChI is InChI=1S/C26H25N6O3S.BrH.HNO2/c1-30(2)14-7-15-33-21-10-5-4-9-20(21)31-28-25(18-12-13-22-23(16-18)35-17-34-22)29-32(31)26-27-19-8-3-6-11-24(19)36-26;;2-1-3/h3-6,8-13,16H,7,14-15,17H2,1-2H3;1H;(H,2,3)/q+1;;. The van der Waals surface area contributed by atoms with E-state index < -0.39 is 0 Å². The van der Waals surface area contributed by atoms with E-state index in [1.807, 2.05) is 60.7 Å². The van der Waals surface area contributed by atoms with Gasteiger partial charge < -0.3 is 24.3 Å². The van der Waals surface area contributed by atoms with Crippen molar-refractivity contribution >= 4 is 38.5 Å². The van der Waals surface area contributed by atoms with Crippen molar-refractivity contribution in [3.8, 4) is 39.5 Å². The first kappa shape index (κ1) is 28.9. The number of aromatic nitrogens is 5. The summed E-state index contributed by atoms with van der Waals surface area (Å²) in [6.45, 7) is 1.76. The van der Waals surface area contributed by atoms with E-state index >= 15 is 0 Å². The van der Waals surface area contributed by atoms with Crippen molar-refractivity contribution in [2.75, 3.05) is 34.0 Å². The van der Waals surface area contributed by atoms with Gasteiger partial charge in [0.25, 0.3) is 5.82 Å². The summed E-state index contributed by atoms with van der Waals surface area (Å²) < 4.78 is 18.3. The lowest BCUT2D eigenvalue weighted by Crippen LogP contribution is -2.43. The van der Waals surface area contributed by atoms with Gasteiger partial charge in [0.05, 0.1) is 11.3 Å². The Balaban J connectivity index is 0.000000886. The van der Waals surface area contributed by atoms with Crippen LogP contribution in [0.5, 0.6) is 17.2 Å². The molecule has 0 spiro atoms. The number of fused-ring (bicyclic) bond motifs is 2. The molecule has 0 bridgehead atoms. The Kier molecular flexibility index (Phi) is 9.58. The average Bonchev–Trinajstić information content (AvgIpc) is 3.69. The fraction of sp³-hybridized carbons (Fsp3) is 0.231. The van der Waals surface area contributed by atoms with Gasteiger partial charge in [-0.1, -0.05) is 40.6 Å². The molecule has 3 aromatic carbocycles. The number of nitrogens with zero attached hydrogens (tertiary/aromatic N) is 7. The van der Waals surface area contributed by atoms with E-state index in [9.17, 15) is 0 Å². The molecule has 0 atom stereocenters. The molecule has 0 radical (unpaired) electrons. The molecule has 5 aromatic rings. The van der Waals surface area contributed by atoms with Crippen molar-refractivity contribution in [3.63, 3.8) is 0 Å². The zero-order valence-electron chi connectivity index (χ0n) is 21.7. The third-order valence-corrected chi connectivity index (χ3v) is 6.73. The maximum absolute atomic E-state index is 8.11. The third kappa shape index (κ3) is 6.35. The SMILES string of the molecule is Br.CN(C)CCCOc1ccccc1-n1nc(-c2ccc3c(c2)OCO3)n[n+]1-c1nc2ccccc2s1.O=NO. The van der Waals surface area contributed by atoms with Gasteiger partial charge in [-0.05, 0) is 77.7 Å². The molecule has 1 aliphatic rings. The van der Waals surface area contributed by atoms with Gasteiger partial charge in [-0.2, -0.15) is 0 Å². The van der Waals surface area contributed by atoms with Gasteiger partial charge in [0.1, 0.15) is 5.75 Å². The lowest BCUT2D eigenvalue weighted by molar-refractivity contribution is -0.734. The van der Waals surface area contributed by atoms with Gasteiger partial charge in [0, 0.05) is 17.2 Å². The topological polar surface area (TPSA) is 128 Å². The minimum absolute atomic E-state index is 0. The third-order valence-electron chi connectivity index (χ3n) is 5.73. The van der Waals surface area contributed by atoms with Crippen molar-refractivity contribution < 1.29 is 24.2 Å². The van der Waals surface area contributed by atoms with E-state index in [-0.39, 0.29) is 23.8 Å². The highest BCUT2D eigenvalue weighted by Gasteiger charge is 2.27. The number of para-hydroxylation sites is 3. The van der Waals surface area contributed by atoms with Crippen LogP contribution in [0.2, 0.25) is 0 Å². The number of hydrogen-bond acceptors (Lipinski definition) is 10. The van der Waals surface area contributed by atoms with Crippen LogP contribution in [0, 0.1) is 4.91 Å². The number of benzene rings is 3. The second-order valence-corrected chi connectivity index (χ2v) is 9.70. The van der Waals surface area contributed by atoms with Crippen molar-refractivity contribution in [1.29, 1.82) is 0 Å². The molecule has 3 heterocycles. The fourth-order valence-electron chi connectivity index (χ4n) is 3.97. The van der Waals surface area contributed by atoms with Gasteiger partial charge in [-0.25, -0.2) is 0 Å². The molecule has 208 valence electrons. The zero-order chi connectivity index (χ0) is 27.2. The molecule has 0 saturated carbocycles. The number of halogens is 1. The molecular formula is C26H27BrN7O5S+. The first-order valence-electron chi connectivity index (χ1n) is 12.1. The van der Waals surface area contributed by atoms with Crippen LogP contribution < -0.4 is 19.0 Å². The number of ether oxygens (including phenoxy) is 3. The highest BCUT2D eigenvalue weighted by molar-refractivity contribution is 8.93. The molecule has 6 rings (SSSR count). The van der Waals surface area contributed by atoms with Gasteiger partial charge in [-0.15, -0.1) is 21.9 Å². The quantitative estimate of drug-likeness (QED) is 0.113. The van der Waals surface area contributed by atoms with E-state index in [1.54, 1.807) is 20.9 Å². The molecule has 0 fully saturated rings. The molecule has 0 saturated heterocycles. The molecule has 0 amide bonds. The summed E-state index contributed by atoms with van der Waals surface area (Å²) in [6.07, 6.45) is 0.916. The van der Waals surface area contributed by atoms with Gasteiger partial charge in [0.15, 0.2) is 28.0 Å². The zero-order valence-corrected chi connectivity index (χ0v) is 24.2. The van der Waals surface area contributed by atoms with Crippen LogP contribution in [-0.4, -0.2) is 64.1 Å². The maximum Gasteiger partial charge on any atom is 0.365 e. The lowest BCUT2D eigenvalue weighted by atomic mass is 10.2. The molecular weight excluding hydrogens is 602 g/mol. The van der Waals surface area contributed by atoms with Crippen LogP contribution in [0.4, 0.5) is 0 Å². The monoisotopic (exact) mass is 628 g/mol. The molecule has 1 aliphatic heterocycles. The first-order valence-corrected chi connectivity index (χ1v) is 12.9. The Morgan fingerprint density at radius 2 is 1.85 bits per heavy atom. The van der Waals surface area contributed by atoms with E-state index in [1.165, 1.54) is 5.34 Å². The van der Waals surface area contributed by atoms with Crippen molar-refractivity contribution in [3.05, 3.63) is 71.6 Å². The molecule has 2 aromatic heterocycles. The Hall–Kier alpha value is -4.14. The summed E-state index contributed by atoms with van der Waals surface area (Å²) in [6, 6.07) is 21.6. The van der Waals surface area contributed by atoms with Gasteiger partial charge in [-0.3, -0.25) is 0 Å². The van der Waals surface area contributed by atoms with Crippen LogP contribution in [0.15, 0.2) is 72.1 Å². The van der Waals surface area contributed by atoms with Gasteiger partial charge >= 0.3 is 5.13 Å². The van der Waals surface area contributed by atoms with Gasteiger partial charge in [0.2, 0.25) is 6.79 Å². The molecule has 0 unspecified atom stereocenters. The van der Waals surface area contributed by atoms with E-state index in [0.29, 0.717) is 29.1 Å². The Morgan fingerprint density at radius 1 is 1.10 bits per heavy atom. The summed E-state index contributed by atoms with van der Waals surface area (Å²) in [5, 5.41) is 18.4. The van der Waals surface area contributed by atoms with Crippen molar-refractivity contribution in [2.24, 2.45) is 5.34 Å². The largest absolute Gasteiger partial charge is 0.491 e. The predicted molar refractivity (Wildman–Crippen MR) is 154 cm³/mol. The highest BCUT2D eigenvalue weighted by atomic mass is 79.9. The summed E-state index contributed by atoms with van der Waals surface area (Å²) in [5.74, 6) is 2.66. The van der Waals surface area contributed by atoms with E-state index in [4.69, 9.17) is 39.5 Å². The van der Waals surface area contributed by atoms with Crippen molar-refractivity contribution in [1.82, 2.24) is 24.9 Å². The van der Waals surface area contributed by atoms with E-state index in [0.717, 1.165) is 40.2 Å². The molecule has 1 N–H and O–H groups in total. The van der Waals surface area contributed by atoms with Crippen LogP contribution in [-0.2, 0) is 0 Å². The molecule has 14 heteroatoms. The summed E-state index contributed by atoms with van der Waals surface area (Å²) >= 11 is 1.56. The normalized spacial score (nSPS) is 11.6. The van der Waals surface area contributed by atoms with Crippen LogP contribution in [0.25, 0.3) is 32.4 Å². The average molecular weight is 630 g/mol. The summed E-state index contributed by atoms with van der Waals surface area (Å²) in [7, 11) is 4.11. The second-order valence-electron chi connectivity index (χ2n) is 8.69. The Morgan fingerprint density at radius 3 is 2.65 bits per heavy atom. The highest BCUT2D eigenvalue weighted by Crippen LogP contribution is 2.35. The Bertz CT molecular complexity index is 1560. The van der Waals surface area contributed by atoms with Crippen LogP contribution >= 0.6 is 28.3 Å². The maximum atomic E-state index is 8.11. The number of hydrogen-bond donors (Lipinski definition) is 1. The van der Waals surface area contributed by atoms with E-state index in [2.05, 4.69) is 25.1 Å². The number of tetrazole rings is 1. The lowest BCUT2D eigenvalue weighted by Gasteiger charge is -2.12. The summed E-state index contributed by atoms with van der Waals surface area (Å²) in [5.41, 5.74) is 2.51. The molecule has 0 aliphatic carbocycles. The predicted octanol–water partition coefficient (Wildman–Crippen LogP) is 4.60. The van der Waals surface area contributed by atoms with Crippen LogP contribution in [0.3, 0.4) is 0 Å². The molecule has 40 heavy (non-hydrogen) atoms. The molecule has 12 nitrogen and oxygen atoms in total. The minimum atomic E-state index is 0. The first-order chi connectivity index (χ1) is 19.1.